The Morgan fingerprint density at radius 2 is 2.00 bits per heavy atom. The molecule has 0 unspecified atom stereocenters. The lowest BCUT2D eigenvalue weighted by molar-refractivity contribution is 0.102. The van der Waals surface area contributed by atoms with Crippen molar-refractivity contribution in [3.8, 4) is 11.5 Å². The van der Waals surface area contributed by atoms with Crippen LogP contribution < -0.4 is 20.1 Å². The number of aromatic nitrogens is 3. The Morgan fingerprint density at radius 1 is 1.11 bits per heavy atom. The van der Waals surface area contributed by atoms with Crippen LogP contribution in [-0.2, 0) is 6.54 Å². The molecule has 8 nitrogen and oxygen atoms in total. The highest BCUT2D eigenvalue weighted by Gasteiger charge is 2.13. The number of carbonyl (C=O) groups is 1. The average molecular weight is 365 g/mol. The van der Waals surface area contributed by atoms with Gasteiger partial charge in [-0.05, 0) is 23.8 Å². The predicted octanol–water partition coefficient (Wildman–Crippen LogP) is 2.75. The van der Waals surface area contributed by atoms with Gasteiger partial charge < -0.3 is 20.1 Å². The van der Waals surface area contributed by atoms with Crippen molar-refractivity contribution < 1.29 is 14.3 Å². The minimum Gasteiger partial charge on any atom is -0.497 e. The van der Waals surface area contributed by atoms with Crippen molar-refractivity contribution in [2.75, 3.05) is 24.9 Å². The number of methoxy groups -OCH3 is 2. The predicted molar refractivity (Wildman–Crippen MR) is 101 cm³/mol. The molecule has 1 amide bonds. The van der Waals surface area contributed by atoms with Gasteiger partial charge in [0.05, 0.1) is 19.9 Å². The van der Waals surface area contributed by atoms with Crippen LogP contribution in [0.25, 0.3) is 0 Å². The lowest BCUT2D eigenvalue weighted by Gasteiger charge is -2.12. The number of benzene rings is 1. The SMILES string of the molecule is COc1ccc(OC)c(NC(=O)c2cc(NCc3cccnc3)ncn2)c1. The molecule has 0 radical (unpaired) electrons. The molecule has 0 bridgehead atoms. The zero-order valence-electron chi connectivity index (χ0n) is 15.0. The van der Waals surface area contributed by atoms with Crippen molar-refractivity contribution in [3.63, 3.8) is 0 Å². The Labute approximate surface area is 156 Å². The number of anilines is 2. The van der Waals surface area contributed by atoms with E-state index >= 15 is 0 Å². The first-order chi connectivity index (χ1) is 13.2. The fraction of sp³-hybridized carbons (Fsp3) is 0.158. The molecule has 3 rings (SSSR count). The molecule has 1 aromatic carbocycles. The first kappa shape index (κ1) is 18.1. The summed E-state index contributed by atoms with van der Waals surface area (Å²) in [5.41, 5.74) is 1.72. The van der Waals surface area contributed by atoms with Gasteiger partial charge in [0.1, 0.15) is 29.3 Å². The van der Waals surface area contributed by atoms with Crippen molar-refractivity contribution in [1.29, 1.82) is 0 Å². The average Bonchev–Trinajstić information content (AvgIpc) is 2.73. The van der Waals surface area contributed by atoms with E-state index in [1.807, 2.05) is 12.1 Å². The molecule has 138 valence electrons. The molecular formula is C19H19N5O3. The summed E-state index contributed by atoms with van der Waals surface area (Å²) in [6.45, 7) is 0.537. The van der Waals surface area contributed by atoms with Gasteiger partial charge in [-0.15, -0.1) is 0 Å². The van der Waals surface area contributed by atoms with E-state index in [2.05, 4.69) is 25.6 Å². The Kier molecular flexibility index (Phi) is 5.78. The fourth-order valence-electron chi connectivity index (χ4n) is 2.37. The van der Waals surface area contributed by atoms with Gasteiger partial charge in [0, 0.05) is 31.1 Å². The topological polar surface area (TPSA) is 98.3 Å². The van der Waals surface area contributed by atoms with Gasteiger partial charge in [-0.3, -0.25) is 9.78 Å². The van der Waals surface area contributed by atoms with Gasteiger partial charge in [0.15, 0.2) is 0 Å². The molecule has 27 heavy (non-hydrogen) atoms. The van der Waals surface area contributed by atoms with Crippen LogP contribution in [0, 0.1) is 0 Å². The van der Waals surface area contributed by atoms with E-state index in [-0.39, 0.29) is 11.6 Å². The summed E-state index contributed by atoms with van der Waals surface area (Å²) in [5.74, 6) is 1.28. The largest absolute Gasteiger partial charge is 0.497 e. The summed E-state index contributed by atoms with van der Waals surface area (Å²) in [7, 11) is 3.08. The quantitative estimate of drug-likeness (QED) is 0.664. The number of nitrogens with one attached hydrogen (secondary N) is 2. The summed E-state index contributed by atoms with van der Waals surface area (Å²) >= 11 is 0. The van der Waals surface area contributed by atoms with E-state index in [0.717, 1.165) is 5.56 Å². The molecule has 0 aliphatic carbocycles. The highest BCUT2D eigenvalue weighted by Crippen LogP contribution is 2.29. The van der Waals surface area contributed by atoms with E-state index in [1.54, 1.807) is 43.8 Å². The number of hydrogen-bond acceptors (Lipinski definition) is 7. The second-order valence-electron chi connectivity index (χ2n) is 5.52. The third kappa shape index (κ3) is 4.69. The van der Waals surface area contributed by atoms with Gasteiger partial charge in [-0.2, -0.15) is 0 Å². The van der Waals surface area contributed by atoms with E-state index < -0.39 is 0 Å². The fourth-order valence-corrected chi connectivity index (χ4v) is 2.37. The summed E-state index contributed by atoms with van der Waals surface area (Å²) in [5, 5.41) is 5.93. The highest BCUT2D eigenvalue weighted by molar-refractivity contribution is 6.04. The van der Waals surface area contributed by atoms with Gasteiger partial charge >= 0.3 is 0 Å². The van der Waals surface area contributed by atoms with Crippen molar-refractivity contribution in [1.82, 2.24) is 15.0 Å². The maximum absolute atomic E-state index is 12.6. The van der Waals surface area contributed by atoms with Crippen LogP contribution in [0.5, 0.6) is 11.5 Å². The van der Waals surface area contributed by atoms with Gasteiger partial charge in [0.2, 0.25) is 0 Å². The number of amides is 1. The lowest BCUT2D eigenvalue weighted by Crippen LogP contribution is -2.15. The van der Waals surface area contributed by atoms with Gasteiger partial charge in [-0.25, -0.2) is 9.97 Å². The van der Waals surface area contributed by atoms with Crippen LogP contribution in [0.15, 0.2) is 55.1 Å². The maximum atomic E-state index is 12.6. The molecule has 3 aromatic rings. The molecule has 0 saturated heterocycles. The minimum atomic E-state index is -0.381. The maximum Gasteiger partial charge on any atom is 0.274 e. The smallest absolute Gasteiger partial charge is 0.274 e. The number of nitrogens with zero attached hydrogens (tertiary/aromatic N) is 3. The first-order valence-corrected chi connectivity index (χ1v) is 8.18. The van der Waals surface area contributed by atoms with E-state index in [4.69, 9.17) is 9.47 Å². The number of carbonyl (C=O) groups excluding carboxylic acids is 1. The number of pyridine rings is 1. The number of ether oxygens (including phenoxy) is 2. The Hall–Kier alpha value is -3.68. The minimum absolute atomic E-state index is 0.226. The third-order valence-corrected chi connectivity index (χ3v) is 3.75. The van der Waals surface area contributed by atoms with Crippen molar-refractivity contribution >= 4 is 17.4 Å². The van der Waals surface area contributed by atoms with Crippen LogP contribution in [-0.4, -0.2) is 35.1 Å². The van der Waals surface area contributed by atoms with Crippen molar-refractivity contribution in [2.45, 2.75) is 6.54 Å². The van der Waals surface area contributed by atoms with Gasteiger partial charge in [0.25, 0.3) is 5.91 Å². The summed E-state index contributed by atoms with van der Waals surface area (Å²) < 4.78 is 10.5. The molecule has 0 fully saturated rings. The summed E-state index contributed by atoms with van der Waals surface area (Å²) in [6, 6.07) is 10.5. The van der Waals surface area contributed by atoms with Crippen molar-refractivity contribution in [3.05, 3.63) is 66.4 Å². The van der Waals surface area contributed by atoms with E-state index in [1.165, 1.54) is 13.4 Å². The van der Waals surface area contributed by atoms with Crippen LogP contribution in [0.3, 0.4) is 0 Å². The Balaban J connectivity index is 1.72. The molecule has 0 spiro atoms. The van der Waals surface area contributed by atoms with Gasteiger partial charge in [-0.1, -0.05) is 6.07 Å². The first-order valence-electron chi connectivity index (χ1n) is 8.18. The highest BCUT2D eigenvalue weighted by atomic mass is 16.5. The number of hydrogen-bond donors (Lipinski definition) is 2. The molecule has 2 aromatic heterocycles. The van der Waals surface area contributed by atoms with Crippen LogP contribution in [0.2, 0.25) is 0 Å². The molecule has 8 heteroatoms. The van der Waals surface area contributed by atoms with Crippen molar-refractivity contribution in [2.24, 2.45) is 0 Å². The van der Waals surface area contributed by atoms with E-state index in [0.29, 0.717) is 29.5 Å². The zero-order chi connectivity index (χ0) is 19.1. The molecular weight excluding hydrogens is 346 g/mol. The second-order valence-corrected chi connectivity index (χ2v) is 5.52. The molecule has 0 saturated carbocycles. The molecule has 0 aliphatic rings. The van der Waals surface area contributed by atoms with Crippen LogP contribution in [0.1, 0.15) is 16.1 Å². The molecule has 2 heterocycles. The Bertz CT molecular complexity index is 918. The third-order valence-electron chi connectivity index (χ3n) is 3.75. The zero-order valence-corrected chi connectivity index (χ0v) is 15.0. The standard InChI is InChI=1S/C19H19N5O3/c1-26-14-5-6-17(27-2)15(8-14)24-19(25)16-9-18(23-12-22-16)21-11-13-4-3-7-20-10-13/h3-10,12H,11H2,1-2H3,(H,24,25)(H,21,22,23). The molecule has 0 aliphatic heterocycles. The molecule has 0 atom stereocenters. The second kappa shape index (κ2) is 8.61. The summed E-state index contributed by atoms with van der Waals surface area (Å²) in [6.07, 6.45) is 4.81. The normalized spacial score (nSPS) is 10.1. The van der Waals surface area contributed by atoms with Crippen LogP contribution >= 0.6 is 0 Å². The number of rotatable bonds is 7. The molecule has 2 N–H and O–H groups in total. The Morgan fingerprint density at radius 3 is 2.74 bits per heavy atom. The monoisotopic (exact) mass is 365 g/mol. The van der Waals surface area contributed by atoms with E-state index in [9.17, 15) is 4.79 Å². The lowest BCUT2D eigenvalue weighted by atomic mass is 10.2. The summed E-state index contributed by atoms with van der Waals surface area (Å²) in [4.78, 5) is 24.8. The van der Waals surface area contributed by atoms with Crippen LogP contribution in [0.4, 0.5) is 11.5 Å².